The van der Waals surface area contributed by atoms with Crippen LogP contribution < -0.4 is 0 Å². The topological polar surface area (TPSA) is 67.3 Å². The smallest absolute Gasteiger partial charge is 0.223 e. The summed E-state index contributed by atoms with van der Waals surface area (Å²) in [6.45, 7) is 2.39. The largest absolute Gasteiger partial charge is 0.339 e. The molecule has 1 aromatic carbocycles. The van der Waals surface area contributed by atoms with E-state index in [1.807, 2.05) is 12.3 Å². The molecule has 0 radical (unpaired) electrons. The molecule has 1 saturated heterocycles. The molecule has 0 aliphatic carbocycles. The Bertz CT molecular complexity index is 878. The molecule has 2 aromatic rings. The van der Waals surface area contributed by atoms with Crippen LogP contribution in [0.4, 0.5) is 4.39 Å². The van der Waals surface area contributed by atoms with Gasteiger partial charge in [-0.2, -0.15) is 0 Å². The number of carbonyl (C=O) groups is 1. The SMILES string of the molecule is CCN(C(=O)CCc1nc(-c2ccc(F)cc2)cs1)C1CCS(=O)(=O)C1. The third-order valence-electron chi connectivity index (χ3n) is 4.55. The van der Waals surface area contributed by atoms with Crippen LogP contribution in [0.2, 0.25) is 0 Å². The molecule has 3 rings (SSSR count). The average Bonchev–Trinajstić information content (AvgIpc) is 3.21. The number of aryl methyl sites for hydroxylation is 1. The monoisotopic (exact) mass is 396 g/mol. The maximum atomic E-state index is 13.0. The van der Waals surface area contributed by atoms with E-state index in [4.69, 9.17) is 0 Å². The first-order chi connectivity index (χ1) is 12.4. The van der Waals surface area contributed by atoms with Gasteiger partial charge in [0.05, 0.1) is 22.2 Å². The number of rotatable bonds is 6. The maximum Gasteiger partial charge on any atom is 0.223 e. The Labute approximate surface area is 156 Å². The number of thiazole rings is 1. The van der Waals surface area contributed by atoms with E-state index in [0.29, 0.717) is 25.8 Å². The van der Waals surface area contributed by atoms with Crippen LogP contribution in [0.25, 0.3) is 11.3 Å². The van der Waals surface area contributed by atoms with Crippen LogP contribution in [0, 0.1) is 5.82 Å². The van der Waals surface area contributed by atoms with E-state index in [9.17, 15) is 17.6 Å². The van der Waals surface area contributed by atoms with Crippen molar-refractivity contribution in [3.8, 4) is 11.3 Å². The summed E-state index contributed by atoms with van der Waals surface area (Å²) in [4.78, 5) is 18.7. The van der Waals surface area contributed by atoms with Gasteiger partial charge >= 0.3 is 0 Å². The van der Waals surface area contributed by atoms with Crippen molar-refractivity contribution in [3.63, 3.8) is 0 Å². The zero-order valence-corrected chi connectivity index (χ0v) is 16.2. The van der Waals surface area contributed by atoms with Crippen molar-refractivity contribution < 1.29 is 17.6 Å². The minimum Gasteiger partial charge on any atom is -0.339 e. The van der Waals surface area contributed by atoms with E-state index in [-0.39, 0.29) is 29.3 Å². The number of hydrogen-bond donors (Lipinski definition) is 0. The van der Waals surface area contributed by atoms with Gasteiger partial charge in [0.1, 0.15) is 5.82 Å². The highest BCUT2D eigenvalue weighted by molar-refractivity contribution is 7.91. The molecule has 26 heavy (non-hydrogen) atoms. The summed E-state index contributed by atoms with van der Waals surface area (Å²) in [5.41, 5.74) is 1.61. The Morgan fingerprint density at radius 3 is 2.69 bits per heavy atom. The van der Waals surface area contributed by atoms with Crippen molar-refractivity contribution in [2.75, 3.05) is 18.1 Å². The summed E-state index contributed by atoms with van der Waals surface area (Å²) in [6, 6.07) is 5.94. The molecule has 1 aliphatic rings. The lowest BCUT2D eigenvalue weighted by Crippen LogP contribution is -2.41. The zero-order valence-electron chi connectivity index (χ0n) is 14.5. The molecule has 8 heteroatoms. The Morgan fingerprint density at radius 1 is 1.35 bits per heavy atom. The quantitative estimate of drug-likeness (QED) is 0.753. The van der Waals surface area contributed by atoms with E-state index in [0.717, 1.165) is 16.3 Å². The highest BCUT2D eigenvalue weighted by Crippen LogP contribution is 2.24. The van der Waals surface area contributed by atoms with E-state index < -0.39 is 9.84 Å². The second-order valence-corrected chi connectivity index (χ2v) is 9.54. The molecule has 0 spiro atoms. The highest BCUT2D eigenvalue weighted by atomic mass is 32.2. The summed E-state index contributed by atoms with van der Waals surface area (Å²) in [5.74, 6) is -0.0930. The fraction of sp³-hybridized carbons (Fsp3) is 0.444. The van der Waals surface area contributed by atoms with Gasteiger partial charge in [0.15, 0.2) is 9.84 Å². The molecule has 1 aliphatic heterocycles. The Balaban J connectivity index is 1.60. The number of hydrogen-bond acceptors (Lipinski definition) is 5. The van der Waals surface area contributed by atoms with Crippen LogP contribution in [-0.4, -0.2) is 48.3 Å². The number of carbonyl (C=O) groups excluding carboxylic acids is 1. The van der Waals surface area contributed by atoms with E-state index in [1.165, 1.54) is 23.5 Å². The molecule has 1 aromatic heterocycles. The molecule has 0 bridgehead atoms. The van der Waals surface area contributed by atoms with Crippen molar-refractivity contribution in [1.29, 1.82) is 0 Å². The Kier molecular flexibility index (Phi) is 5.72. The second-order valence-electron chi connectivity index (χ2n) is 6.37. The molecule has 1 unspecified atom stereocenters. The minimum absolute atomic E-state index is 0.0341. The predicted octanol–water partition coefficient (Wildman–Crippen LogP) is 2.92. The number of sulfone groups is 1. The minimum atomic E-state index is -3.01. The lowest BCUT2D eigenvalue weighted by molar-refractivity contribution is -0.132. The van der Waals surface area contributed by atoms with E-state index >= 15 is 0 Å². The molecule has 5 nitrogen and oxygen atoms in total. The number of benzene rings is 1. The first-order valence-electron chi connectivity index (χ1n) is 8.58. The normalized spacial score (nSPS) is 18.8. The predicted molar refractivity (Wildman–Crippen MR) is 100 cm³/mol. The van der Waals surface area contributed by atoms with Crippen molar-refractivity contribution in [2.45, 2.75) is 32.2 Å². The van der Waals surface area contributed by atoms with Crippen LogP contribution in [0.15, 0.2) is 29.6 Å². The van der Waals surface area contributed by atoms with Crippen molar-refractivity contribution >= 4 is 27.1 Å². The maximum absolute atomic E-state index is 13.0. The van der Waals surface area contributed by atoms with Gasteiger partial charge in [0, 0.05) is 36.4 Å². The van der Waals surface area contributed by atoms with Crippen LogP contribution in [0.1, 0.15) is 24.8 Å². The van der Waals surface area contributed by atoms with Gasteiger partial charge in [-0.25, -0.2) is 17.8 Å². The van der Waals surface area contributed by atoms with Gasteiger partial charge in [0.25, 0.3) is 0 Å². The van der Waals surface area contributed by atoms with Gasteiger partial charge in [-0.05, 0) is 37.6 Å². The standard InChI is InChI=1S/C18H21FN2O3S2/c1-2-21(15-9-10-26(23,24)12-15)18(22)8-7-17-20-16(11-25-17)13-3-5-14(19)6-4-13/h3-6,11,15H,2,7-10,12H2,1H3. The van der Waals surface area contributed by atoms with Gasteiger partial charge in [-0.1, -0.05) is 0 Å². The lowest BCUT2D eigenvalue weighted by atomic mass is 10.1. The molecule has 140 valence electrons. The molecule has 1 amide bonds. The van der Waals surface area contributed by atoms with Crippen LogP contribution in [0.3, 0.4) is 0 Å². The summed E-state index contributed by atoms with van der Waals surface area (Å²) < 4.78 is 36.3. The molecule has 0 N–H and O–H groups in total. The summed E-state index contributed by atoms with van der Waals surface area (Å²) in [6.07, 6.45) is 1.34. The van der Waals surface area contributed by atoms with E-state index in [1.54, 1.807) is 17.0 Å². The average molecular weight is 397 g/mol. The molecule has 0 saturated carbocycles. The van der Waals surface area contributed by atoms with Crippen molar-refractivity contribution in [1.82, 2.24) is 9.88 Å². The van der Waals surface area contributed by atoms with Gasteiger partial charge < -0.3 is 4.90 Å². The summed E-state index contributed by atoms with van der Waals surface area (Å²) in [5, 5.41) is 2.74. The fourth-order valence-corrected chi connectivity index (χ4v) is 5.73. The van der Waals surface area contributed by atoms with Gasteiger partial charge in [-0.15, -0.1) is 11.3 Å². The third kappa shape index (κ3) is 4.48. The first-order valence-corrected chi connectivity index (χ1v) is 11.3. The summed E-state index contributed by atoms with van der Waals surface area (Å²) >= 11 is 1.47. The lowest BCUT2D eigenvalue weighted by Gasteiger charge is -2.26. The number of aromatic nitrogens is 1. The molecule has 1 fully saturated rings. The van der Waals surface area contributed by atoms with Crippen LogP contribution >= 0.6 is 11.3 Å². The third-order valence-corrected chi connectivity index (χ3v) is 7.21. The highest BCUT2D eigenvalue weighted by Gasteiger charge is 2.33. The van der Waals surface area contributed by atoms with Crippen molar-refractivity contribution in [2.24, 2.45) is 0 Å². The molecule has 2 heterocycles. The fourth-order valence-electron chi connectivity index (χ4n) is 3.20. The first kappa shape index (κ1) is 19.0. The molecular weight excluding hydrogens is 375 g/mol. The van der Waals surface area contributed by atoms with Crippen LogP contribution in [0.5, 0.6) is 0 Å². The summed E-state index contributed by atoms with van der Waals surface area (Å²) in [7, 11) is -3.01. The van der Waals surface area contributed by atoms with Gasteiger partial charge in [-0.3, -0.25) is 4.79 Å². The number of nitrogens with zero attached hydrogens (tertiary/aromatic N) is 2. The molecule has 1 atom stereocenters. The molecular formula is C18H21FN2O3S2. The van der Waals surface area contributed by atoms with Crippen molar-refractivity contribution in [3.05, 3.63) is 40.5 Å². The zero-order chi connectivity index (χ0) is 18.7. The Hall–Kier alpha value is -1.80. The number of halogens is 1. The van der Waals surface area contributed by atoms with E-state index in [2.05, 4.69) is 4.98 Å². The Morgan fingerprint density at radius 2 is 2.08 bits per heavy atom. The van der Waals surface area contributed by atoms with Gasteiger partial charge in [0.2, 0.25) is 5.91 Å². The second kappa shape index (κ2) is 7.84. The number of amides is 1. The van der Waals surface area contributed by atoms with Crippen LogP contribution in [-0.2, 0) is 21.1 Å².